The van der Waals surface area contributed by atoms with Crippen LogP contribution in [0.15, 0.2) is 82.6 Å². The molecule has 0 saturated heterocycles. The summed E-state index contributed by atoms with van der Waals surface area (Å²) in [6, 6.07) is 20.8. The van der Waals surface area contributed by atoms with Crippen molar-refractivity contribution >= 4 is 23.4 Å². The Kier molecular flexibility index (Phi) is 6.99. The second kappa shape index (κ2) is 10.3. The molecule has 4 rings (SSSR count). The molecule has 0 fully saturated rings. The minimum Gasteiger partial charge on any atom is -0.497 e. The first-order valence-electron chi connectivity index (χ1n) is 10.2. The molecule has 33 heavy (non-hydrogen) atoms. The lowest BCUT2D eigenvalue weighted by atomic mass is 10.0. The highest BCUT2D eigenvalue weighted by atomic mass is 32.2. The smallest absolute Gasteiger partial charge is 0.249 e. The number of carbonyl (C=O) groups excluding carboxylic acids is 1. The van der Waals surface area contributed by atoms with E-state index in [-0.39, 0.29) is 11.7 Å². The Balaban J connectivity index is 1.46. The third-order valence-electron chi connectivity index (χ3n) is 5.01. The maximum Gasteiger partial charge on any atom is 0.249 e. The predicted molar refractivity (Wildman–Crippen MR) is 124 cm³/mol. The Bertz CT molecular complexity index is 1210. The largest absolute Gasteiger partial charge is 0.497 e. The fourth-order valence-electron chi connectivity index (χ4n) is 3.27. The lowest BCUT2D eigenvalue weighted by Gasteiger charge is -2.18. The molecular weight excluding hydrogens is 441 g/mol. The third-order valence-corrected chi connectivity index (χ3v) is 6.03. The van der Waals surface area contributed by atoms with E-state index in [1.54, 1.807) is 37.9 Å². The van der Waals surface area contributed by atoms with Gasteiger partial charge in [0.15, 0.2) is 0 Å². The third kappa shape index (κ3) is 5.75. The van der Waals surface area contributed by atoms with Crippen molar-refractivity contribution in [3.8, 4) is 5.75 Å². The lowest BCUT2D eigenvalue weighted by molar-refractivity contribution is -0.119. The van der Waals surface area contributed by atoms with E-state index < -0.39 is 6.04 Å². The molecule has 0 aliphatic heterocycles. The van der Waals surface area contributed by atoms with Crippen LogP contribution < -0.4 is 10.1 Å². The van der Waals surface area contributed by atoms with Gasteiger partial charge in [0.05, 0.1) is 7.11 Å². The highest BCUT2D eigenvalue weighted by molar-refractivity contribution is 7.99. The Labute approximate surface area is 195 Å². The number of nitrogens with zero attached hydrogens (tertiary/aromatic N) is 4. The molecule has 3 aromatic carbocycles. The molecule has 1 aromatic heterocycles. The van der Waals surface area contributed by atoms with Gasteiger partial charge in [-0.1, -0.05) is 23.9 Å². The monoisotopic (exact) mass is 463 g/mol. The van der Waals surface area contributed by atoms with E-state index in [4.69, 9.17) is 4.74 Å². The molecule has 0 aliphatic carbocycles. The molecule has 1 heterocycles. The van der Waals surface area contributed by atoms with Gasteiger partial charge in [0.25, 0.3) is 0 Å². The highest BCUT2D eigenvalue weighted by Crippen LogP contribution is 2.30. The fourth-order valence-corrected chi connectivity index (χ4v) is 4.09. The number of hydrogen-bond donors (Lipinski definition) is 1. The van der Waals surface area contributed by atoms with Crippen LogP contribution in [0, 0.1) is 12.7 Å². The summed E-state index contributed by atoms with van der Waals surface area (Å²) in [7, 11) is 1.64. The number of halogens is 1. The van der Waals surface area contributed by atoms with Crippen LogP contribution >= 0.6 is 11.8 Å². The maximum absolute atomic E-state index is 13.3. The van der Waals surface area contributed by atoms with Crippen molar-refractivity contribution in [1.82, 2.24) is 20.2 Å². The fraction of sp³-hybridized carbons (Fsp3) is 0.167. The Morgan fingerprint density at radius 3 is 2.24 bits per heavy atom. The summed E-state index contributed by atoms with van der Waals surface area (Å²) in [5.74, 6) is 0.741. The first-order chi connectivity index (χ1) is 16.0. The molecule has 1 N–H and O–H groups in total. The van der Waals surface area contributed by atoms with Crippen LogP contribution in [0.5, 0.6) is 5.75 Å². The molecule has 9 heteroatoms. The Morgan fingerprint density at radius 1 is 1.03 bits per heavy atom. The number of hydrogen-bond acceptors (Lipinski definition) is 6. The zero-order valence-corrected chi connectivity index (χ0v) is 18.9. The minimum absolute atomic E-state index is 0.259. The van der Waals surface area contributed by atoms with Crippen LogP contribution in [0.1, 0.15) is 17.4 Å². The highest BCUT2D eigenvalue weighted by Gasteiger charge is 2.24. The molecule has 7 nitrogen and oxygen atoms in total. The van der Waals surface area contributed by atoms with E-state index in [2.05, 4.69) is 20.8 Å². The van der Waals surface area contributed by atoms with Crippen molar-refractivity contribution in [1.29, 1.82) is 0 Å². The SMILES string of the molecule is COc1ccc(Sc2ccc(NC(=O)C(Cc3ccc(F)cc3)n3nnnc3C)cc2)cc1. The van der Waals surface area contributed by atoms with E-state index >= 15 is 0 Å². The summed E-state index contributed by atoms with van der Waals surface area (Å²) in [4.78, 5) is 15.3. The van der Waals surface area contributed by atoms with Crippen LogP contribution in [0.4, 0.5) is 10.1 Å². The van der Waals surface area contributed by atoms with Gasteiger partial charge in [0, 0.05) is 21.9 Å². The predicted octanol–water partition coefficient (Wildman–Crippen LogP) is 4.70. The van der Waals surface area contributed by atoms with E-state index in [0.29, 0.717) is 17.9 Å². The summed E-state index contributed by atoms with van der Waals surface area (Å²) >= 11 is 1.61. The van der Waals surface area contributed by atoms with Gasteiger partial charge in [-0.3, -0.25) is 4.79 Å². The molecule has 168 valence electrons. The summed E-state index contributed by atoms with van der Waals surface area (Å²) in [5.41, 5.74) is 1.46. The van der Waals surface area contributed by atoms with E-state index in [1.807, 2.05) is 48.5 Å². The van der Waals surface area contributed by atoms with Gasteiger partial charge < -0.3 is 10.1 Å². The number of tetrazole rings is 1. The average molecular weight is 464 g/mol. The Hall–Kier alpha value is -3.72. The number of aryl methyl sites for hydroxylation is 1. The van der Waals surface area contributed by atoms with Gasteiger partial charge in [0.1, 0.15) is 23.4 Å². The molecule has 0 saturated carbocycles. The van der Waals surface area contributed by atoms with E-state index in [1.165, 1.54) is 16.8 Å². The summed E-state index contributed by atoms with van der Waals surface area (Å²) in [5, 5.41) is 14.5. The number of ether oxygens (including phenoxy) is 1. The van der Waals surface area contributed by atoms with Crippen LogP contribution in [0.25, 0.3) is 0 Å². The van der Waals surface area contributed by atoms with Crippen molar-refractivity contribution < 1.29 is 13.9 Å². The second-order valence-electron chi connectivity index (χ2n) is 7.31. The number of nitrogens with one attached hydrogen (secondary N) is 1. The molecule has 0 aliphatic rings. The van der Waals surface area contributed by atoms with Crippen LogP contribution in [-0.2, 0) is 11.2 Å². The van der Waals surface area contributed by atoms with Crippen LogP contribution in [-0.4, -0.2) is 33.2 Å². The van der Waals surface area contributed by atoms with E-state index in [0.717, 1.165) is 21.1 Å². The van der Waals surface area contributed by atoms with Crippen molar-refractivity contribution in [2.45, 2.75) is 29.2 Å². The van der Waals surface area contributed by atoms with Crippen LogP contribution in [0.3, 0.4) is 0 Å². The van der Waals surface area contributed by atoms with Crippen molar-refractivity contribution in [3.05, 3.63) is 90.0 Å². The second-order valence-corrected chi connectivity index (χ2v) is 8.46. The standard InChI is InChI=1S/C24H22FN5O2S/c1-16-27-28-29-30(16)23(15-17-3-5-18(25)6-4-17)24(31)26-19-7-11-21(12-8-19)33-22-13-9-20(32-2)10-14-22/h3-14,23H,15H2,1-2H3,(H,26,31). The van der Waals surface area contributed by atoms with Gasteiger partial charge in [0.2, 0.25) is 5.91 Å². The number of carbonyl (C=O) groups is 1. The first-order valence-corrected chi connectivity index (χ1v) is 11.1. The molecule has 0 spiro atoms. The molecule has 0 radical (unpaired) electrons. The molecule has 1 unspecified atom stereocenters. The van der Waals surface area contributed by atoms with Crippen molar-refractivity contribution in [2.24, 2.45) is 0 Å². The normalized spacial score (nSPS) is 11.7. The Morgan fingerprint density at radius 2 is 1.67 bits per heavy atom. The minimum atomic E-state index is -0.682. The molecule has 1 atom stereocenters. The molecule has 1 amide bonds. The summed E-state index contributed by atoms with van der Waals surface area (Å²) < 4.78 is 20.0. The number of amides is 1. The zero-order chi connectivity index (χ0) is 23.2. The number of methoxy groups -OCH3 is 1. The van der Waals surface area contributed by atoms with Crippen molar-refractivity contribution in [3.63, 3.8) is 0 Å². The average Bonchev–Trinajstić information content (AvgIpc) is 3.26. The number of benzene rings is 3. The van der Waals surface area contributed by atoms with Crippen LogP contribution in [0.2, 0.25) is 0 Å². The number of anilines is 1. The van der Waals surface area contributed by atoms with Gasteiger partial charge in [-0.25, -0.2) is 9.07 Å². The number of aromatic nitrogens is 4. The van der Waals surface area contributed by atoms with Gasteiger partial charge >= 0.3 is 0 Å². The van der Waals surface area contributed by atoms with Gasteiger partial charge in [-0.15, -0.1) is 5.10 Å². The topological polar surface area (TPSA) is 81.9 Å². The van der Waals surface area contributed by atoms with Gasteiger partial charge in [-0.2, -0.15) is 0 Å². The maximum atomic E-state index is 13.3. The summed E-state index contributed by atoms with van der Waals surface area (Å²) in [6.07, 6.45) is 0.323. The number of rotatable bonds is 8. The molecule has 4 aromatic rings. The first kappa shape index (κ1) is 22.5. The quantitative estimate of drug-likeness (QED) is 0.408. The summed E-state index contributed by atoms with van der Waals surface area (Å²) in [6.45, 7) is 1.73. The van der Waals surface area contributed by atoms with Crippen molar-refractivity contribution in [2.75, 3.05) is 12.4 Å². The zero-order valence-electron chi connectivity index (χ0n) is 18.1. The lowest BCUT2D eigenvalue weighted by Crippen LogP contribution is -2.29. The molecule has 0 bridgehead atoms. The molecular formula is C24H22FN5O2S. The van der Waals surface area contributed by atoms with Gasteiger partial charge in [-0.05, 0) is 83.6 Å². The van der Waals surface area contributed by atoms with E-state index in [9.17, 15) is 9.18 Å².